The van der Waals surface area contributed by atoms with Crippen LogP contribution in [0.15, 0.2) is 35.1 Å². The number of aromatic nitrogens is 1. The highest BCUT2D eigenvalue weighted by Crippen LogP contribution is 2.24. The molecule has 0 amide bonds. The summed E-state index contributed by atoms with van der Waals surface area (Å²) in [5, 5.41) is 13.1. The van der Waals surface area contributed by atoms with Gasteiger partial charge in [-0.2, -0.15) is 0 Å². The van der Waals surface area contributed by atoms with Crippen molar-refractivity contribution in [2.24, 2.45) is 0 Å². The summed E-state index contributed by atoms with van der Waals surface area (Å²) in [6, 6.07) is 7.25. The summed E-state index contributed by atoms with van der Waals surface area (Å²) in [5.74, 6) is 0.857. The number of hydrogen-bond donors (Lipinski definition) is 2. The molecule has 5 heteroatoms. The number of methoxy groups -OCH3 is 1. The summed E-state index contributed by atoms with van der Waals surface area (Å²) < 4.78 is 5.88. The molecule has 0 radical (unpaired) electrons. The second kappa shape index (κ2) is 5.93. The molecule has 100 valence electrons. The van der Waals surface area contributed by atoms with E-state index in [0.717, 1.165) is 21.4 Å². The maximum atomic E-state index is 9.86. The first-order chi connectivity index (χ1) is 9.10. The summed E-state index contributed by atoms with van der Waals surface area (Å²) in [6.07, 6.45) is 1.75. The highest BCUT2D eigenvalue weighted by molar-refractivity contribution is 9.10. The number of benzene rings is 1. The molecule has 1 aromatic carbocycles. The van der Waals surface area contributed by atoms with Crippen molar-refractivity contribution in [3.8, 4) is 11.5 Å². The number of nitrogens with one attached hydrogen (secondary N) is 1. The van der Waals surface area contributed by atoms with Crippen LogP contribution in [0.5, 0.6) is 11.5 Å². The van der Waals surface area contributed by atoms with Crippen LogP contribution in [0.25, 0.3) is 0 Å². The van der Waals surface area contributed by atoms with Crippen LogP contribution in [-0.2, 0) is 6.54 Å². The highest BCUT2D eigenvalue weighted by Gasteiger charge is 2.04. The Bertz CT molecular complexity index is 588. The fourth-order valence-corrected chi connectivity index (χ4v) is 1.89. The van der Waals surface area contributed by atoms with E-state index >= 15 is 0 Å². The molecule has 4 nitrogen and oxygen atoms in total. The van der Waals surface area contributed by atoms with E-state index in [0.29, 0.717) is 12.3 Å². The molecule has 0 aliphatic rings. The van der Waals surface area contributed by atoms with Crippen molar-refractivity contribution < 1.29 is 9.84 Å². The number of ether oxygens (including phenoxy) is 1. The summed E-state index contributed by atoms with van der Waals surface area (Å²) >= 11 is 3.36. The molecule has 0 aliphatic carbocycles. The summed E-state index contributed by atoms with van der Waals surface area (Å²) in [7, 11) is 1.57. The highest BCUT2D eigenvalue weighted by atomic mass is 79.9. The summed E-state index contributed by atoms with van der Waals surface area (Å²) in [5.41, 5.74) is 2.78. The zero-order valence-corrected chi connectivity index (χ0v) is 12.4. The van der Waals surface area contributed by atoms with Crippen LogP contribution in [0, 0.1) is 6.92 Å². The Labute approximate surface area is 120 Å². The monoisotopic (exact) mass is 322 g/mol. The third-order valence-electron chi connectivity index (χ3n) is 2.79. The minimum absolute atomic E-state index is 0.216. The van der Waals surface area contributed by atoms with Crippen LogP contribution in [0.1, 0.15) is 11.1 Å². The number of phenolic OH excluding ortho intramolecular Hbond substituents is 1. The van der Waals surface area contributed by atoms with Gasteiger partial charge in [-0.1, -0.05) is 0 Å². The molecule has 2 N–H and O–H groups in total. The largest absolute Gasteiger partial charge is 0.507 e. The van der Waals surface area contributed by atoms with E-state index in [1.54, 1.807) is 19.4 Å². The van der Waals surface area contributed by atoms with Crippen molar-refractivity contribution in [1.29, 1.82) is 0 Å². The van der Waals surface area contributed by atoms with Gasteiger partial charge in [0.2, 0.25) is 0 Å². The van der Waals surface area contributed by atoms with E-state index in [9.17, 15) is 5.11 Å². The third-order valence-corrected chi connectivity index (χ3v) is 3.62. The molecule has 1 aromatic heterocycles. The molecule has 0 aliphatic heterocycles. The molecule has 2 aromatic rings. The van der Waals surface area contributed by atoms with Crippen molar-refractivity contribution in [1.82, 2.24) is 4.98 Å². The van der Waals surface area contributed by atoms with E-state index in [-0.39, 0.29) is 5.75 Å². The molecule has 0 saturated carbocycles. The Kier molecular flexibility index (Phi) is 4.27. The van der Waals surface area contributed by atoms with Gasteiger partial charge in [0.1, 0.15) is 16.1 Å². The van der Waals surface area contributed by atoms with Gasteiger partial charge in [0.05, 0.1) is 19.0 Å². The minimum atomic E-state index is 0.216. The molecule has 19 heavy (non-hydrogen) atoms. The lowest BCUT2D eigenvalue weighted by Gasteiger charge is -2.10. The first-order valence-electron chi connectivity index (χ1n) is 5.82. The van der Waals surface area contributed by atoms with Crippen LogP contribution in [-0.4, -0.2) is 17.2 Å². The molecular formula is C14H15BrN2O2. The van der Waals surface area contributed by atoms with Gasteiger partial charge in [0, 0.05) is 18.2 Å². The van der Waals surface area contributed by atoms with E-state index in [2.05, 4.69) is 26.2 Å². The fourth-order valence-electron chi connectivity index (χ4n) is 1.67. The second-order valence-corrected chi connectivity index (χ2v) is 4.93. The first kappa shape index (κ1) is 13.7. The van der Waals surface area contributed by atoms with Gasteiger partial charge < -0.3 is 15.2 Å². The van der Waals surface area contributed by atoms with Gasteiger partial charge in [-0.05, 0) is 46.6 Å². The number of aryl methyl sites for hydroxylation is 1. The zero-order valence-electron chi connectivity index (χ0n) is 10.8. The number of aromatic hydroxyl groups is 1. The molecule has 0 unspecified atom stereocenters. The normalized spacial score (nSPS) is 10.3. The lowest BCUT2D eigenvalue weighted by atomic mass is 10.2. The Balaban J connectivity index is 2.07. The van der Waals surface area contributed by atoms with Gasteiger partial charge in [0.15, 0.2) is 0 Å². The summed E-state index contributed by atoms with van der Waals surface area (Å²) in [4.78, 5) is 4.21. The van der Waals surface area contributed by atoms with Gasteiger partial charge >= 0.3 is 0 Å². The van der Waals surface area contributed by atoms with Crippen molar-refractivity contribution in [3.05, 3.63) is 46.2 Å². The predicted molar refractivity (Wildman–Crippen MR) is 78.7 cm³/mol. The van der Waals surface area contributed by atoms with Crippen LogP contribution >= 0.6 is 15.9 Å². The van der Waals surface area contributed by atoms with E-state index in [1.807, 2.05) is 25.1 Å². The number of anilines is 1. The SMILES string of the molecule is COc1ccc(CNc2cnc(Br)c(C)c2)c(O)c1. The average Bonchev–Trinajstić information content (AvgIpc) is 2.41. The minimum Gasteiger partial charge on any atom is -0.507 e. The number of pyridine rings is 1. The molecule has 0 saturated heterocycles. The van der Waals surface area contributed by atoms with Gasteiger partial charge in [0.25, 0.3) is 0 Å². The first-order valence-corrected chi connectivity index (χ1v) is 6.61. The topological polar surface area (TPSA) is 54.4 Å². The Morgan fingerprint density at radius 2 is 2.16 bits per heavy atom. The van der Waals surface area contributed by atoms with E-state index < -0.39 is 0 Å². The molecule has 2 rings (SSSR count). The predicted octanol–water partition coefficient (Wildman–Crippen LogP) is 3.48. The van der Waals surface area contributed by atoms with Crippen molar-refractivity contribution in [2.75, 3.05) is 12.4 Å². The lowest BCUT2D eigenvalue weighted by Crippen LogP contribution is -2.01. The number of phenols is 1. The Hall–Kier alpha value is -1.75. The average molecular weight is 323 g/mol. The Morgan fingerprint density at radius 3 is 2.79 bits per heavy atom. The second-order valence-electron chi connectivity index (χ2n) is 4.18. The van der Waals surface area contributed by atoms with Crippen LogP contribution in [0.3, 0.4) is 0 Å². The van der Waals surface area contributed by atoms with Crippen LogP contribution in [0.4, 0.5) is 5.69 Å². The van der Waals surface area contributed by atoms with Crippen LogP contribution in [0.2, 0.25) is 0 Å². The van der Waals surface area contributed by atoms with E-state index in [1.165, 1.54) is 0 Å². The third kappa shape index (κ3) is 3.38. The number of nitrogens with zero attached hydrogens (tertiary/aromatic N) is 1. The molecule has 0 bridgehead atoms. The molecule has 1 heterocycles. The summed E-state index contributed by atoms with van der Waals surface area (Å²) in [6.45, 7) is 2.51. The standard InChI is InChI=1S/C14H15BrN2O2/c1-9-5-11(8-17-14(9)15)16-7-10-3-4-12(19-2)6-13(10)18/h3-6,8,16,18H,7H2,1-2H3. The zero-order chi connectivity index (χ0) is 13.8. The molecule has 0 fully saturated rings. The smallest absolute Gasteiger partial charge is 0.124 e. The number of rotatable bonds is 4. The van der Waals surface area contributed by atoms with Gasteiger partial charge in [-0.25, -0.2) is 4.98 Å². The number of hydrogen-bond acceptors (Lipinski definition) is 4. The molecule has 0 spiro atoms. The maximum absolute atomic E-state index is 9.86. The number of halogens is 1. The fraction of sp³-hybridized carbons (Fsp3) is 0.214. The van der Waals surface area contributed by atoms with Gasteiger partial charge in [-0.3, -0.25) is 0 Å². The maximum Gasteiger partial charge on any atom is 0.124 e. The molecular weight excluding hydrogens is 308 g/mol. The van der Waals surface area contributed by atoms with Crippen molar-refractivity contribution in [2.45, 2.75) is 13.5 Å². The lowest BCUT2D eigenvalue weighted by molar-refractivity contribution is 0.406. The van der Waals surface area contributed by atoms with Gasteiger partial charge in [-0.15, -0.1) is 0 Å². The van der Waals surface area contributed by atoms with Crippen molar-refractivity contribution >= 4 is 21.6 Å². The van der Waals surface area contributed by atoms with E-state index in [4.69, 9.17) is 4.74 Å². The Morgan fingerprint density at radius 1 is 1.37 bits per heavy atom. The van der Waals surface area contributed by atoms with Crippen LogP contribution < -0.4 is 10.1 Å². The van der Waals surface area contributed by atoms with Crippen molar-refractivity contribution in [3.63, 3.8) is 0 Å². The molecule has 0 atom stereocenters. The quantitative estimate of drug-likeness (QED) is 0.846.